The minimum Gasteiger partial charge on any atom is -0.481 e. The van der Waals surface area contributed by atoms with Crippen molar-refractivity contribution in [2.24, 2.45) is 0 Å². The Kier molecular flexibility index (Phi) is 13.7. The van der Waals surface area contributed by atoms with Gasteiger partial charge in [-0.05, 0) is 13.8 Å². The van der Waals surface area contributed by atoms with Gasteiger partial charge >= 0.3 is 5.97 Å². The smallest absolute Gasteiger partial charge is 0.302 e. The third-order valence-corrected chi connectivity index (χ3v) is 1.64. The second-order valence-electron chi connectivity index (χ2n) is 3.90. The van der Waals surface area contributed by atoms with Crippen LogP contribution in [0.5, 0.6) is 0 Å². The topological polar surface area (TPSA) is 82.1 Å². The van der Waals surface area contributed by atoms with Gasteiger partial charge in [-0.15, -0.1) is 6.58 Å². The van der Waals surface area contributed by atoms with Crippen LogP contribution in [0.1, 0.15) is 27.7 Å². The third kappa shape index (κ3) is 22.3. The second-order valence-corrected chi connectivity index (χ2v) is 3.90. The fourth-order valence-corrected chi connectivity index (χ4v) is 0.863. The van der Waals surface area contributed by atoms with Crippen LogP contribution < -0.4 is 0 Å². The molecule has 0 saturated carbocycles. The molecule has 6 nitrogen and oxygen atoms in total. The zero-order valence-corrected chi connectivity index (χ0v) is 12.0. The molecule has 112 valence electrons. The molecule has 0 saturated heterocycles. The number of ether oxygens (including phenoxy) is 3. The summed E-state index contributed by atoms with van der Waals surface area (Å²) in [5.41, 5.74) is 0. The molecule has 0 rings (SSSR count). The van der Waals surface area contributed by atoms with E-state index in [0.717, 1.165) is 6.92 Å². The van der Waals surface area contributed by atoms with Crippen LogP contribution in [-0.4, -0.2) is 49.1 Å². The van der Waals surface area contributed by atoms with Crippen molar-refractivity contribution in [1.82, 2.24) is 0 Å². The van der Waals surface area contributed by atoms with E-state index in [2.05, 4.69) is 6.58 Å². The van der Waals surface area contributed by atoms with Crippen molar-refractivity contribution in [1.29, 1.82) is 0 Å². The van der Waals surface area contributed by atoms with Gasteiger partial charge < -0.3 is 19.3 Å². The molecule has 6 heteroatoms. The molecule has 2 atom stereocenters. The number of rotatable bonds is 8. The maximum Gasteiger partial charge on any atom is 0.302 e. The van der Waals surface area contributed by atoms with Gasteiger partial charge in [0, 0.05) is 13.8 Å². The summed E-state index contributed by atoms with van der Waals surface area (Å²) in [6.07, 6.45) is 1.60. The molecule has 0 heterocycles. The summed E-state index contributed by atoms with van der Waals surface area (Å²) in [6, 6.07) is 0. The van der Waals surface area contributed by atoms with Crippen molar-refractivity contribution >= 4 is 11.9 Å². The zero-order valence-electron chi connectivity index (χ0n) is 12.0. The van der Waals surface area contributed by atoms with Crippen LogP contribution in [0.2, 0.25) is 0 Å². The van der Waals surface area contributed by atoms with E-state index in [1.807, 2.05) is 13.8 Å². The predicted octanol–water partition coefficient (Wildman–Crippen LogP) is 1.64. The highest BCUT2D eigenvalue weighted by molar-refractivity contribution is 5.65. The molecule has 0 amide bonds. The summed E-state index contributed by atoms with van der Waals surface area (Å²) in [6.45, 7) is 11.1. The molecule has 0 aliphatic heterocycles. The highest BCUT2D eigenvalue weighted by Gasteiger charge is 2.07. The molecule has 19 heavy (non-hydrogen) atoms. The van der Waals surface area contributed by atoms with Crippen molar-refractivity contribution < 1.29 is 28.9 Å². The van der Waals surface area contributed by atoms with Crippen molar-refractivity contribution in [3.63, 3.8) is 0 Å². The summed E-state index contributed by atoms with van der Waals surface area (Å²) in [7, 11) is 0. The Bertz CT molecular complexity index is 260. The number of carbonyl (C=O) groups excluding carboxylic acids is 1. The molecule has 0 aromatic rings. The Balaban J connectivity index is 0. The Labute approximate surface area is 114 Å². The lowest BCUT2D eigenvalue weighted by Crippen LogP contribution is -2.24. The van der Waals surface area contributed by atoms with Crippen molar-refractivity contribution in [2.45, 2.75) is 39.9 Å². The average molecular weight is 276 g/mol. The number of esters is 1. The maximum atomic E-state index is 10.5. The Hall–Kier alpha value is -1.40. The van der Waals surface area contributed by atoms with E-state index in [9.17, 15) is 4.79 Å². The number of carbonyl (C=O) groups is 2. The lowest BCUT2D eigenvalue weighted by molar-refractivity contribution is -0.145. The maximum absolute atomic E-state index is 10.5. The molecule has 0 aliphatic rings. The second kappa shape index (κ2) is 13.0. The van der Waals surface area contributed by atoms with E-state index in [4.69, 9.17) is 24.1 Å². The third-order valence-electron chi connectivity index (χ3n) is 1.64. The molecular weight excluding hydrogens is 252 g/mol. The van der Waals surface area contributed by atoms with E-state index in [1.165, 1.54) is 6.92 Å². The number of aliphatic carboxylic acids is 1. The minimum absolute atomic E-state index is 0.0165. The number of hydrogen-bond donors (Lipinski definition) is 1. The standard InChI is InChI=1S/C11H20O4.C2H4O2/c1-5-6-13-9(2)7-14-10(3)8-15-11(4)12;1-2(3)4/h5,9-10H,1,6-8H2,2-4H3;1H3,(H,3,4). The van der Waals surface area contributed by atoms with Crippen molar-refractivity contribution in [3.05, 3.63) is 12.7 Å². The first-order chi connectivity index (χ1) is 8.79. The highest BCUT2D eigenvalue weighted by atomic mass is 16.6. The normalized spacial score (nSPS) is 12.6. The minimum atomic E-state index is -0.833. The summed E-state index contributed by atoms with van der Waals surface area (Å²) < 4.78 is 15.5. The Morgan fingerprint density at radius 2 is 1.63 bits per heavy atom. The first kappa shape index (κ1) is 19.9. The molecule has 1 N–H and O–H groups in total. The summed E-state index contributed by atoms with van der Waals surface area (Å²) >= 11 is 0. The summed E-state index contributed by atoms with van der Waals surface area (Å²) in [5.74, 6) is -1.12. The van der Waals surface area contributed by atoms with Gasteiger partial charge in [-0.1, -0.05) is 6.08 Å². The van der Waals surface area contributed by atoms with E-state index in [0.29, 0.717) is 13.2 Å². The highest BCUT2D eigenvalue weighted by Crippen LogP contribution is 1.97. The van der Waals surface area contributed by atoms with E-state index in [1.54, 1.807) is 6.08 Å². The lowest BCUT2D eigenvalue weighted by atomic mass is 10.4. The molecule has 0 aromatic heterocycles. The predicted molar refractivity (Wildman–Crippen MR) is 71.0 cm³/mol. The number of hydrogen-bond acceptors (Lipinski definition) is 5. The average Bonchev–Trinajstić information content (AvgIpc) is 2.30. The van der Waals surface area contributed by atoms with E-state index in [-0.39, 0.29) is 24.8 Å². The van der Waals surface area contributed by atoms with Gasteiger partial charge in [0.2, 0.25) is 0 Å². The van der Waals surface area contributed by atoms with Crippen molar-refractivity contribution in [3.8, 4) is 0 Å². The SMILES string of the molecule is C=CCOC(C)COC(C)COC(C)=O.CC(=O)O. The fourth-order valence-electron chi connectivity index (χ4n) is 0.863. The van der Waals surface area contributed by atoms with Crippen LogP contribution >= 0.6 is 0 Å². The van der Waals surface area contributed by atoms with Crippen LogP contribution in [0.25, 0.3) is 0 Å². The molecule has 0 bridgehead atoms. The van der Waals surface area contributed by atoms with E-state index >= 15 is 0 Å². The zero-order chi connectivity index (χ0) is 15.3. The first-order valence-corrected chi connectivity index (χ1v) is 5.96. The largest absolute Gasteiger partial charge is 0.481 e. The number of carboxylic acid groups (broad SMARTS) is 1. The molecular formula is C13H24O6. The number of carboxylic acids is 1. The summed E-state index contributed by atoms with van der Waals surface area (Å²) in [4.78, 5) is 19.5. The fraction of sp³-hybridized carbons (Fsp3) is 0.692. The molecule has 0 spiro atoms. The van der Waals surface area contributed by atoms with Gasteiger partial charge in [-0.2, -0.15) is 0 Å². The quantitative estimate of drug-likeness (QED) is 0.536. The molecule has 0 aliphatic carbocycles. The first-order valence-electron chi connectivity index (χ1n) is 5.96. The van der Waals surface area contributed by atoms with Gasteiger partial charge in [-0.25, -0.2) is 0 Å². The van der Waals surface area contributed by atoms with E-state index < -0.39 is 5.97 Å². The Morgan fingerprint density at radius 3 is 2.05 bits per heavy atom. The Morgan fingerprint density at radius 1 is 1.16 bits per heavy atom. The molecule has 2 unspecified atom stereocenters. The van der Waals surface area contributed by atoms with Crippen LogP contribution in [0.4, 0.5) is 0 Å². The van der Waals surface area contributed by atoms with Crippen LogP contribution in [-0.2, 0) is 23.8 Å². The van der Waals surface area contributed by atoms with Gasteiger partial charge in [0.25, 0.3) is 5.97 Å². The molecule has 0 fully saturated rings. The summed E-state index contributed by atoms with van der Waals surface area (Å²) in [5, 5.41) is 7.42. The van der Waals surface area contributed by atoms with Crippen LogP contribution in [0.3, 0.4) is 0 Å². The van der Waals surface area contributed by atoms with Crippen LogP contribution in [0.15, 0.2) is 12.7 Å². The van der Waals surface area contributed by atoms with Gasteiger partial charge in [0.15, 0.2) is 0 Å². The van der Waals surface area contributed by atoms with Crippen LogP contribution in [0, 0.1) is 0 Å². The van der Waals surface area contributed by atoms with Gasteiger partial charge in [0.1, 0.15) is 6.61 Å². The van der Waals surface area contributed by atoms with Gasteiger partial charge in [-0.3, -0.25) is 9.59 Å². The van der Waals surface area contributed by atoms with Gasteiger partial charge in [0.05, 0.1) is 25.4 Å². The lowest BCUT2D eigenvalue weighted by Gasteiger charge is -2.16. The molecule has 0 aromatic carbocycles. The monoisotopic (exact) mass is 276 g/mol. The molecule has 0 radical (unpaired) electrons. The van der Waals surface area contributed by atoms with Crippen molar-refractivity contribution in [2.75, 3.05) is 19.8 Å².